The lowest BCUT2D eigenvalue weighted by Crippen LogP contribution is -2.40. The van der Waals surface area contributed by atoms with Crippen LogP contribution in [0.15, 0.2) is 77.7 Å². The Labute approximate surface area is 199 Å². The number of hydrogen-bond acceptors (Lipinski definition) is 5. The third-order valence-electron chi connectivity index (χ3n) is 5.04. The van der Waals surface area contributed by atoms with Gasteiger partial charge in [0, 0.05) is 5.69 Å². The molecule has 0 fully saturated rings. The van der Waals surface area contributed by atoms with Gasteiger partial charge in [-0.25, -0.2) is 13.1 Å². The molecule has 0 aromatic heterocycles. The van der Waals surface area contributed by atoms with Crippen molar-refractivity contribution in [3.8, 4) is 5.75 Å². The first kappa shape index (κ1) is 24.9. The van der Waals surface area contributed by atoms with Crippen molar-refractivity contribution in [2.24, 2.45) is 0 Å². The topological polar surface area (TPSA) is 114 Å². The molecule has 0 atom stereocenters. The zero-order valence-electron chi connectivity index (χ0n) is 19.0. The number of rotatable bonds is 10. The smallest absolute Gasteiger partial charge is 0.243 e. The molecule has 0 heterocycles. The lowest BCUT2D eigenvalue weighted by atomic mass is 10.1. The van der Waals surface area contributed by atoms with Gasteiger partial charge < -0.3 is 15.4 Å². The average molecular weight is 482 g/mol. The highest BCUT2D eigenvalue weighted by molar-refractivity contribution is 7.89. The molecule has 3 rings (SSSR count). The molecule has 0 bridgehead atoms. The van der Waals surface area contributed by atoms with Crippen LogP contribution in [0.1, 0.15) is 16.7 Å². The average Bonchev–Trinajstić information content (AvgIpc) is 2.83. The molecule has 3 aromatic rings. The van der Waals surface area contributed by atoms with E-state index in [9.17, 15) is 18.0 Å². The summed E-state index contributed by atoms with van der Waals surface area (Å²) in [5.74, 6) is -0.401. The molecule has 0 radical (unpaired) electrons. The molecule has 8 nitrogen and oxygen atoms in total. The van der Waals surface area contributed by atoms with E-state index in [2.05, 4.69) is 15.4 Å². The fourth-order valence-corrected chi connectivity index (χ4v) is 4.01. The normalized spacial score (nSPS) is 11.0. The summed E-state index contributed by atoms with van der Waals surface area (Å²) < 4.78 is 32.7. The highest BCUT2D eigenvalue weighted by Gasteiger charge is 2.16. The van der Waals surface area contributed by atoms with Gasteiger partial charge in [-0.3, -0.25) is 9.59 Å². The van der Waals surface area contributed by atoms with Gasteiger partial charge in [0.15, 0.2) is 0 Å². The summed E-state index contributed by atoms with van der Waals surface area (Å²) in [6.45, 7) is 3.36. The Morgan fingerprint density at radius 3 is 2.21 bits per heavy atom. The van der Waals surface area contributed by atoms with E-state index in [1.807, 2.05) is 44.2 Å². The molecule has 0 aliphatic heterocycles. The number of ether oxygens (including phenoxy) is 1. The Kier molecular flexibility index (Phi) is 8.39. The number of anilines is 1. The highest BCUT2D eigenvalue weighted by Crippen LogP contribution is 2.17. The van der Waals surface area contributed by atoms with E-state index in [4.69, 9.17) is 4.74 Å². The number of sulfonamides is 1. The molecular formula is C25H27N3O5S. The predicted molar refractivity (Wildman–Crippen MR) is 130 cm³/mol. The van der Waals surface area contributed by atoms with Gasteiger partial charge in [-0.05, 0) is 66.9 Å². The summed E-state index contributed by atoms with van der Waals surface area (Å²) in [6, 6.07) is 21.3. The lowest BCUT2D eigenvalue weighted by molar-refractivity contribution is -0.123. The van der Waals surface area contributed by atoms with E-state index >= 15 is 0 Å². The maximum absolute atomic E-state index is 12.4. The fraction of sp³-hybridized carbons (Fsp3) is 0.200. The molecule has 0 spiro atoms. The Hall–Kier alpha value is -3.69. The number of aryl methyl sites for hydroxylation is 2. The van der Waals surface area contributed by atoms with Crippen molar-refractivity contribution in [3.05, 3.63) is 89.5 Å². The van der Waals surface area contributed by atoms with Gasteiger partial charge in [0.1, 0.15) is 12.4 Å². The summed E-state index contributed by atoms with van der Waals surface area (Å²) >= 11 is 0. The van der Waals surface area contributed by atoms with Crippen LogP contribution in [0.5, 0.6) is 5.75 Å². The van der Waals surface area contributed by atoms with Crippen LogP contribution in [0.4, 0.5) is 5.69 Å². The summed E-state index contributed by atoms with van der Waals surface area (Å²) in [5.41, 5.74) is 3.39. The van der Waals surface area contributed by atoms with Crippen LogP contribution in [0.3, 0.4) is 0 Å². The first-order valence-electron chi connectivity index (χ1n) is 10.6. The van der Waals surface area contributed by atoms with Crippen molar-refractivity contribution >= 4 is 27.5 Å². The number of nitrogens with one attached hydrogen (secondary N) is 3. The number of benzene rings is 3. The summed E-state index contributed by atoms with van der Waals surface area (Å²) in [5, 5.41) is 5.05. The molecule has 0 aliphatic carbocycles. The second kappa shape index (κ2) is 11.4. The largest absolute Gasteiger partial charge is 0.489 e. The fourth-order valence-electron chi connectivity index (χ4n) is 2.95. The van der Waals surface area contributed by atoms with Gasteiger partial charge in [0.2, 0.25) is 21.8 Å². The number of carbonyl (C=O) groups excluding carboxylic acids is 2. The second-order valence-electron chi connectivity index (χ2n) is 7.69. The van der Waals surface area contributed by atoms with Gasteiger partial charge in [0.05, 0.1) is 18.0 Å². The molecular weight excluding hydrogens is 454 g/mol. The quantitative estimate of drug-likeness (QED) is 0.412. The minimum atomic E-state index is -3.83. The summed E-state index contributed by atoms with van der Waals surface area (Å²) in [7, 11) is -3.83. The summed E-state index contributed by atoms with van der Waals surface area (Å²) in [6.07, 6.45) is 0. The first-order valence-corrected chi connectivity index (χ1v) is 12.1. The Morgan fingerprint density at radius 1 is 0.824 bits per heavy atom. The molecule has 34 heavy (non-hydrogen) atoms. The molecule has 0 saturated heterocycles. The van der Waals surface area contributed by atoms with E-state index < -0.39 is 28.4 Å². The molecule has 0 unspecified atom stereocenters. The van der Waals surface area contributed by atoms with Gasteiger partial charge >= 0.3 is 0 Å². The first-order chi connectivity index (χ1) is 16.2. The minimum absolute atomic E-state index is 0.0809. The van der Waals surface area contributed by atoms with Crippen LogP contribution in [0, 0.1) is 13.8 Å². The van der Waals surface area contributed by atoms with E-state index in [1.54, 1.807) is 36.4 Å². The van der Waals surface area contributed by atoms with Crippen LogP contribution in [0.25, 0.3) is 0 Å². The van der Waals surface area contributed by atoms with Crippen molar-refractivity contribution in [1.82, 2.24) is 10.0 Å². The van der Waals surface area contributed by atoms with Gasteiger partial charge in [-0.15, -0.1) is 0 Å². The van der Waals surface area contributed by atoms with Crippen molar-refractivity contribution in [1.29, 1.82) is 0 Å². The monoisotopic (exact) mass is 481 g/mol. The van der Waals surface area contributed by atoms with Crippen LogP contribution in [-0.2, 0) is 26.2 Å². The minimum Gasteiger partial charge on any atom is -0.489 e. The number of amides is 2. The van der Waals surface area contributed by atoms with E-state index in [0.29, 0.717) is 18.0 Å². The van der Waals surface area contributed by atoms with Gasteiger partial charge in [-0.1, -0.05) is 36.4 Å². The Bertz CT molecular complexity index is 1240. The maximum atomic E-state index is 12.4. The molecule has 2 amide bonds. The van der Waals surface area contributed by atoms with Gasteiger partial charge in [-0.2, -0.15) is 0 Å². The highest BCUT2D eigenvalue weighted by atomic mass is 32.2. The van der Waals surface area contributed by atoms with E-state index in [1.165, 1.54) is 6.07 Å². The van der Waals surface area contributed by atoms with E-state index in [-0.39, 0.29) is 11.4 Å². The molecule has 3 N–H and O–H groups in total. The van der Waals surface area contributed by atoms with Crippen LogP contribution < -0.4 is 20.1 Å². The number of carbonyl (C=O) groups is 2. The van der Waals surface area contributed by atoms with Crippen molar-refractivity contribution in [3.63, 3.8) is 0 Å². The van der Waals surface area contributed by atoms with Gasteiger partial charge in [0.25, 0.3) is 0 Å². The third kappa shape index (κ3) is 7.43. The summed E-state index contributed by atoms with van der Waals surface area (Å²) in [4.78, 5) is 24.2. The zero-order valence-corrected chi connectivity index (χ0v) is 19.8. The van der Waals surface area contributed by atoms with Crippen molar-refractivity contribution in [2.45, 2.75) is 25.3 Å². The zero-order chi connectivity index (χ0) is 24.6. The molecule has 0 saturated carbocycles. The Balaban J connectivity index is 1.41. The Morgan fingerprint density at radius 2 is 1.53 bits per heavy atom. The second-order valence-corrected chi connectivity index (χ2v) is 9.46. The van der Waals surface area contributed by atoms with E-state index in [0.717, 1.165) is 16.7 Å². The maximum Gasteiger partial charge on any atom is 0.243 e. The lowest BCUT2D eigenvalue weighted by Gasteiger charge is -2.10. The number of hydrogen-bond donors (Lipinski definition) is 3. The molecule has 178 valence electrons. The predicted octanol–water partition coefficient (Wildman–Crippen LogP) is 2.92. The van der Waals surface area contributed by atoms with Crippen LogP contribution in [0.2, 0.25) is 0 Å². The van der Waals surface area contributed by atoms with Crippen molar-refractivity contribution < 1.29 is 22.7 Å². The van der Waals surface area contributed by atoms with Crippen LogP contribution >= 0.6 is 0 Å². The SMILES string of the molecule is Cc1ccc(S(=O)(=O)NCC(=O)NCC(=O)Nc2ccc(OCc3ccccc3)cc2)cc1C. The molecule has 0 aliphatic rings. The standard InChI is InChI=1S/C25H27N3O5S/c1-18-8-13-23(14-19(18)2)34(31,32)27-16-24(29)26-15-25(30)28-21-9-11-22(12-10-21)33-17-20-6-4-3-5-7-20/h3-14,27H,15-17H2,1-2H3,(H,26,29)(H,28,30). The third-order valence-corrected chi connectivity index (χ3v) is 6.44. The molecule has 3 aromatic carbocycles. The van der Waals surface area contributed by atoms with Crippen molar-refractivity contribution in [2.75, 3.05) is 18.4 Å². The molecule has 9 heteroatoms. The van der Waals surface area contributed by atoms with Crippen LogP contribution in [-0.4, -0.2) is 33.3 Å².